The van der Waals surface area contributed by atoms with Crippen molar-refractivity contribution < 1.29 is 4.39 Å². The maximum atomic E-state index is 13.3. The number of nitrogens with zero attached hydrogens (tertiary/aromatic N) is 1. The number of hydrogen-bond donors (Lipinski definition) is 1. The van der Waals surface area contributed by atoms with Gasteiger partial charge in [0, 0.05) is 26.2 Å². The number of halogens is 2. The molecule has 0 aliphatic carbocycles. The first kappa shape index (κ1) is 15.4. The van der Waals surface area contributed by atoms with E-state index >= 15 is 0 Å². The van der Waals surface area contributed by atoms with Gasteiger partial charge in [-0.05, 0) is 30.5 Å². The molecule has 1 aromatic carbocycles. The normalized spacial score (nSPS) is 18.2. The van der Waals surface area contributed by atoms with Crippen molar-refractivity contribution >= 4 is 12.4 Å². The second-order valence-electron chi connectivity index (χ2n) is 4.80. The first-order chi connectivity index (χ1) is 8.22. The smallest absolute Gasteiger partial charge is 0.109 e. The molecule has 1 fully saturated rings. The van der Waals surface area contributed by atoms with E-state index in [1.165, 1.54) is 11.1 Å². The van der Waals surface area contributed by atoms with E-state index in [1.54, 1.807) is 0 Å². The number of piperazine rings is 1. The molecule has 0 bridgehead atoms. The van der Waals surface area contributed by atoms with Gasteiger partial charge in [0.25, 0.3) is 0 Å². The fourth-order valence-electron chi connectivity index (χ4n) is 2.36. The molecule has 1 aliphatic heterocycles. The quantitative estimate of drug-likeness (QED) is 0.910. The van der Waals surface area contributed by atoms with Crippen molar-refractivity contribution in [1.29, 1.82) is 0 Å². The van der Waals surface area contributed by atoms with Crippen molar-refractivity contribution in [3.63, 3.8) is 0 Å². The summed E-state index contributed by atoms with van der Waals surface area (Å²) in [6, 6.07) is 6.21. The van der Waals surface area contributed by atoms with Gasteiger partial charge >= 0.3 is 0 Å². The van der Waals surface area contributed by atoms with Crippen LogP contribution in [0.3, 0.4) is 0 Å². The summed E-state index contributed by atoms with van der Waals surface area (Å²) in [7, 11) is 0. The van der Waals surface area contributed by atoms with Crippen molar-refractivity contribution in [2.45, 2.75) is 19.9 Å². The highest BCUT2D eigenvalue weighted by Gasteiger charge is 2.22. The van der Waals surface area contributed by atoms with Crippen LogP contribution in [0.2, 0.25) is 0 Å². The number of benzene rings is 1. The Kier molecular flexibility index (Phi) is 6.06. The Morgan fingerprint density at radius 3 is 2.44 bits per heavy atom. The molecule has 1 aliphatic rings. The van der Waals surface area contributed by atoms with Crippen LogP contribution in [-0.2, 0) is 0 Å². The van der Waals surface area contributed by atoms with Gasteiger partial charge in [-0.2, -0.15) is 0 Å². The first-order valence-electron chi connectivity index (χ1n) is 6.30. The van der Waals surface area contributed by atoms with Crippen LogP contribution in [0.5, 0.6) is 0 Å². The van der Waals surface area contributed by atoms with Crippen LogP contribution in [0.25, 0.3) is 0 Å². The third kappa shape index (κ3) is 3.44. The van der Waals surface area contributed by atoms with Crippen molar-refractivity contribution in [2.24, 2.45) is 0 Å². The van der Waals surface area contributed by atoms with Crippen molar-refractivity contribution in [3.8, 4) is 0 Å². The summed E-state index contributed by atoms with van der Waals surface area (Å²) in [5, 5.41) is 3.30. The van der Waals surface area contributed by atoms with E-state index in [-0.39, 0.29) is 25.1 Å². The monoisotopic (exact) mass is 272 g/mol. The molecule has 0 saturated carbocycles. The van der Waals surface area contributed by atoms with Gasteiger partial charge in [0.15, 0.2) is 0 Å². The average molecular weight is 273 g/mol. The topological polar surface area (TPSA) is 15.3 Å². The Morgan fingerprint density at radius 2 is 1.89 bits per heavy atom. The van der Waals surface area contributed by atoms with Crippen LogP contribution < -0.4 is 5.32 Å². The zero-order chi connectivity index (χ0) is 12.3. The minimum atomic E-state index is -0.303. The lowest BCUT2D eigenvalue weighted by Gasteiger charge is -2.33. The van der Waals surface area contributed by atoms with E-state index in [0.29, 0.717) is 0 Å². The van der Waals surface area contributed by atoms with E-state index in [4.69, 9.17) is 0 Å². The highest BCUT2D eigenvalue weighted by atomic mass is 35.5. The molecule has 0 amide bonds. The molecule has 0 unspecified atom stereocenters. The molecule has 18 heavy (non-hydrogen) atoms. The Morgan fingerprint density at radius 1 is 1.22 bits per heavy atom. The zero-order valence-corrected chi connectivity index (χ0v) is 11.9. The van der Waals surface area contributed by atoms with E-state index < -0.39 is 0 Å². The lowest BCUT2D eigenvalue weighted by atomic mass is 10.0. The molecule has 1 heterocycles. The van der Waals surface area contributed by atoms with Crippen LogP contribution in [-0.4, -0.2) is 37.8 Å². The molecule has 4 heteroatoms. The lowest BCUT2D eigenvalue weighted by Crippen LogP contribution is -2.45. The van der Waals surface area contributed by atoms with Crippen LogP contribution in [0.15, 0.2) is 18.2 Å². The van der Waals surface area contributed by atoms with Gasteiger partial charge in [-0.1, -0.05) is 18.2 Å². The minimum Gasteiger partial charge on any atom is -0.314 e. The van der Waals surface area contributed by atoms with E-state index in [9.17, 15) is 4.39 Å². The summed E-state index contributed by atoms with van der Waals surface area (Å²) in [6.45, 7) is 7.66. The Bertz CT molecular complexity index is 378. The maximum absolute atomic E-state index is 13.3. The van der Waals surface area contributed by atoms with Gasteiger partial charge in [-0.3, -0.25) is 4.90 Å². The average Bonchev–Trinajstić information content (AvgIpc) is 2.36. The Hall–Kier alpha value is -0.640. The summed E-state index contributed by atoms with van der Waals surface area (Å²) >= 11 is 0. The molecule has 2 nitrogen and oxygen atoms in total. The minimum absolute atomic E-state index is 0. The highest BCUT2D eigenvalue weighted by molar-refractivity contribution is 5.85. The molecule has 102 valence electrons. The SMILES string of the molecule is Cc1ccc([C@@H](CF)N2CCNCC2)cc1C.Cl. The van der Waals surface area contributed by atoms with Crippen molar-refractivity contribution in [1.82, 2.24) is 10.2 Å². The lowest BCUT2D eigenvalue weighted by molar-refractivity contribution is 0.147. The van der Waals surface area contributed by atoms with Crippen LogP contribution in [0.4, 0.5) is 4.39 Å². The molecule has 1 N–H and O–H groups in total. The third-order valence-corrected chi connectivity index (χ3v) is 3.65. The van der Waals surface area contributed by atoms with Crippen LogP contribution >= 0.6 is 12.4 Å². The molecular weight excluding hydrogens is 251 g/mol. The molecule has 1 atom stereocenters. The predicted octanol–water partition coefficient (Wildman–Crippen LogP) is 2.64. The second kappa shape index (κ2) is 7.07. The molecular formula is C14H22ClFN2. The van der Waals surface area contributed by atoms with E-state index in [1.807, 2.05) is 0 Å². The molecule has 1 aromatic rings. The third-order valence-electron chi connectivity index (χ3n) is 3.65. The number of aryl methyl sites for hydroxylation is 2. The number of rotatable bonds is 3. The predicted molar refractivity (Wildman–Crippen MR) is 76.3 cm³/mol. The largest absolute Gasteiger partial charge is 0.314 e. The van der Waals surface area contributed by atoms with Crippen molar-refractivity contribution in [3.05, 3.63) is 34.9 Å². The summed E-state index contributed by atoms with van der Waals surface area (Å²) in [5.74, 6) is 0. The van der Waals surface area contributed by atoms with Crippen molar-refractivity contribution in [2.75, 3.05) is 32.9 Å². The number of nitrogens with one attached hydrogen (secondary N) is 1. The van der Waals surface area contributed by atoms with Gasteiger partial charge in [0.1, 0.15) is 6.67 Å². The van der Waals surface area contributed by atoms with E-state index in [0.717, 1.165) is 31.7 Å². The van der Waals surface area contributed by atoms with Gasteiger partial charge < -0.3 is 5.32 Å². The molecule has 0 spiro atoms. The number of alkyl halides is 1. The van der Waals surface area contributed by atoms with E-state index in [2.05, 4.69) is 42.3 Å². The molecule has 1 saturated heterocycles. The van der Waals surface area contributed by atoms with Gasteiger partial charge in [-0.15, -0.1) is 12.4 Å². The fraction of sp³-hybridized carbons (Fsp3) is 0.571. The summed E-state index contributed by atoms with van der Waals surface area (Å²) < 4.78 is 13.3. The van der Waals surface area contributed by atoms with Crippen LogP contribution in [0.1, 0.15) is 22.7 Å². The standard InChI is InChI=1S/C14H21FN2.ClH/c1-11-3-4-13(9-12(11)2)14(10-15)17-7-5-16-6-8-17;/h3-4,9,14,16H,5-8,10H2,1-2H3;1H/t14-;/m1./s1. The fourth-order valence-corrected chi connectivity index (χ4v) is 2.36. The molecule has 2 rings (SSSR count). The van der Waals surface area contributed by atoms with Crippen LogP contribution in [0, 0.1) is 13.8 Å². The maximum Gasteiger partial charge on any atom is 0.109 e. The Balaban J connectivity index is 0.00000162. The number of hydrogen-bond acceptors (Lipinski definition) is 2. The van der Waals surface area contributed by atoms with Gasteiger partial charge in [0.2, 0.25) is 0 Å². The second-order valence-corrected chi connectivity index (χ2v) is 4.80. The molecule has 0 radical (unpaired) electrons. The Labute approximate surface area is 115 Å². The van der Waals surface area contributed by atoms with Gasteiger partial charge in [0.05, 0.1) is 6.04 Å². The summed E-state index contributed by atoms with van der Waals surface area (Å²) in [5.41, 5.74) is 3.63. The van der Waals surface area contributed by atoms with Gasteiger partial charge in [-0.25, -0.2) is 4.39 Å². The zero-order valence-electron chi connectivity index (χ0n) is 11.1. The highest BCUT2D eigenvalue weighted by Crippen LogP contribution is 2.23. The first-order valence-corrected chi connectivity index (χ1v) is 6.30. The summed E-state index contributed by atoms with van der Waals surface area (Å²) in [6.07, 6.45) is 0. The molecule has 0 aromatic heterocycles. The summed E-state index contributed by atoms with van der Waals surface area (Å²) in [4.78, 5) is 2.24.